The molecule has 3 atom stereocenters. The fourth-order valence-corrected chi connectivity index (χ4v) is 4.99. The summed E-state index contributed by atoms with van der Waals surface area (Å²) in [5.41, 5.74) is 4.94. The maximum atomic E-state index is 4.48. The highest BCUT2D eigenvalue weighted by Crippen LogP contribution is 2.30. The van der Waals surface area contributed by atoms with E-state index >= 15 is 0 Å². The first-order chi connectivity index (χ1) is 18.9. The lowest BCUT2D eigenvalue weighted by Gasteiger charge is -2.24. The lowest BCUT2D eigenvalue weighted by molar-refractivity contribution is 0.261. The van der Waals surface area contributed by atoms with Crippen molar-refractivity contribution in [3.63, 3.8) is 0 Å². The summed E-state index contributed by atoms with van der Waals surface area (Å²) in [6.45, 7) is 28.9. The van der Waals surface area contributed by atoms with Gasteiger partial charge < -0.3 is 4.90 Å². The van der Waals surface area contributed by atoms with Gasteiger partial charge in [-0.2, -0.15) is 0 Å². The largest absolute Gasteiger partial charge is 0.303 e. The van der Waals surface area contributed by atoms with Crippen LogP contribution < -0.4 is 0 Å². The van der Waals surface area contributed by atoms with Crippen molar-refractivity contribution in [1.82, 2.24) is 4.90 Å². The van der Waals surface area contributed by atoms with Crippen molar-refractivity contribution in [2.45, 2.75) is 79.1 Å². The maximum absolute atomic E-state index is 4.48. The van der Waals surface area contributed by atoms with Crippen LogP contribution in [0.15, 0.2) is 109 Å². The lowest BCUT2D eigenvalue weighted by atomic mass is 9.82. The summed E-state index contributed by atoms with van der Waals surface area (Å²) in [6, 6.07) is 0. The molecule has 0 amide bonds. The van der Waals surface area contributed by atoms with Crippen LogP contribution in [0.5, 0.6) is 0 Å². The summed E-state index contributed by atoms with van der Waals surface area (Å²) in [6.07, 6.45) is 29.8. The van der Waals surface area contributed by atoms with Crippen molar-refractivity contribution in [1.29, 1.82) is 0 Å². The van der Waals surface area contributed by atoms with Crippen LogP contribution in [0.3, 0.4) is 0 Å². The van der Waals surface area contributed by atoms with Gasteiger partial charge in [-0.25, -0.2) is 0 Å². The molecule has 0 N–H and O–H groups in total. The fourth-order valence-electron chi connectivity index (χ4n) is 4.99. The molecule has 1 heteroatoms. The highest BCUT2D eigenvalue weighted by Gasteiger charge is 2.19. The van der Waals surface area contributed by atoms with Crippen molar-refractivity contribution in [3.05, 3.63) is 109 Å². The van der Waals surface area contributed by atoms with Gasteiger partial charge in [0, 0.05) is 5.92 Å². The standard InChI is InChI=1S/C38H55N/c1-9-13-14-15-23-37(38-24-16-20-32(5)25-27-38)28-26-34(7)35(8)33(6)21-17-30-39(29-11-3)31-18-22-36(12-4)19-10-2/h9-10,12-15,19-20,25,27,33,37-38H,2,4,7-8,11,17-18,21-23,26,28-31H2,1,3,5-6H3/b13-9-,15-14-,36-19+. The van der Waals surface area contributed by atoms with Gasteiger partial charge in [0.1, 0.15) is 0 Å². The third-order valence-electron chi connectivity index (χ3n) is 7.55. The third-order valence-corrected chi connectivity index (χ3v) is 7.55. The van der Waals surface area contributed by atoms with E-state index in [1.54, 1.807) is 0 Å². The molecular formula is C38H55N. The molecule has 0 radical (unpaired) electrons. The number of allylic oxidation sites excluding steroid dienone is 14. The summed E-state index contributed by atoms with van der Waals surface area (Å²) in [5.74, 6) is 7.93. The van der Waals surface area contributed by atoms with Crippen molar-refractivity contribution in [2.75, 3.05) is 19.6 Å². The molecule has 1 nitrogen and oxygen atoms in total. The Kier molecular flexibility index (Phi) is 18.5. The number of hydrogen-bond acceptors (Lipinski definition) is 1. The zero-order valence-corrected chi connectivity index (χ0v) is 25.6. The zero-order valence-electron chi connectivity index (χ0n) is 25.6. The molecule has 0 saturated carbocycles. The van der Waals surface area contributed by atoms with E-state index in [2.05, 4.69) is 113 Å². The predicted molar refractivity (Wildman–Crippen MR) is 177 cm³/mol. The van der Waals surface area contributed by atoms with Gasteiger partial charge in [-0.3, -0.25) is 0 Å². The van der Waals surface area contributed by atoms with Crippen LogP contribution in [-0.2, 0) is 0 Å². The molecule has 0 aromatic heterocycles. The predicted octanol–water partition coefficient (Wildman–Crippen LogP) is 10.4. The molecule has 1 rings (SSSR count). The second kappa shape index (κ2) is 21.1. The number of nitrogens with zero attached hydrogens (tertiary/aromatic N) is 1. The minimum absolute atomic E-state index is 0.270. The molecular weight excluding hydrogens is 470 g/mol. The van der Waals surface area contributed by atoms with Crippen LogP contribution in [0, 0.1) is 29.6 Å². The van der Waals surface area contributed by atoms with E-state index in [9.17, 15) is 0 Å². The van der Waals surface area contributed by atoms with Gasteiger partial charge in [0.15, 0.2) is 0 Å². The van der Waals surface area contributed by atoms with Crippen LogP contribution in [0.4, 0.5) is 0 Å². The van der Waals surface area contributed by atoms with Crippen LogP contribution in [-0.4, -0.2) is 24.5 Å². The first-order valence-corrected chi connectivity index (χ1v) is 15.0. The Labute approximate surface area is 242 Å². The Morgan fingerprint density at radius 1 is 1.08 bits per heavy atom. The molecule has 0 spiro atoms. The molecule has 0 bridgehead atoms. The quantitative estimate of drug-likeness (QED) is 0.106. The van der Waals surface area contributed by atoms with Crippen LogP contribution >= 0.6 is 0 Å². The van der Waals surface area contributed by atoms with Gasteiger partial charge in [-0.15, -0.1) is 0 Å². The van der Waals surface area contributed by atoms with E-state index in [0.717, 1.165) is 58.2 Å². The Balaban J connectivity index is 2.59. The maximum Gasteiger partial charge on any atom is 0.0420 e. The van der Waals surface area contributed by atoms with Gasteiger partial charge in [0.25, 0.3) is 0 Å². The summed E-state index contributed by atoms with van der Waals surface area (Å²) < 4.78 is 0. The first kappa shape index (κ1) is 34.2. The summed E-state index contributed by atoms with van der Waals surface area (Å²) in [4.78, 5) is 2.61. The van der Waals surface area contributed by atoms with E-state index in [1.165, 1.54) is 35.1 Å². The summed E-state index contributed by atoms with van der Waals surface area (Å²) >= 11 is 0. The topological polar surface area (TPSA) is 3.24 Å². The van der Waals surface area contributed by atoms with E-state index in [0.29, 0.717) is 11.8 Å². The summed E-state index contributed by atoms with van der Waals surface area (Å²) in [7, 11) is 0. The van der Waals surface area contributed by atoms with Crippen LogP contribution in [0.25, 0.3) is 0 Å². The Hall–Kier alpha value is -2.82. The molecule has 0 aromatic rings. The molecule has 212 valence electrons. The summed E-state index contributed by atoms with van der Waals surface area (Å²) in [5, 5.41) is 0. The van der Waals surface area contributed by atoms with E-state index in [4.69, 9.17) is 0 Å². The second-order valence-corrected chi connectivity index (χ2v) is 10.8. The molecule has 0 fully saturated rings. The van der Waals surface area contributed by atoms with E-state index in [1.807, 2.05) is 18.2 Å². The van der Waals surface area contributed by atoms with Gasteiger partial charge in [-0.05, 0) is 119 Å². The Bertz CT molecular complexity index is 984. The fraction of sp³-hybridized carbons (Fsp3) is 0.474. The lowest BCUT2D eigenvalue weighted by Crippen LogP contribution is -2.27. The molecule has 0 aliphatic heterocycles. The third kappa shape index (κ3) is 14.8. The van der Waals surface area contributed by atoms with Crippen LogP contribution in [0.2, 0.25) is 0 Å². The number of rotatable bonds is 21. The second-order valence-electron chi connectivity index (χ2n) is 10.8. The van der Waals surface area contributed by atoms with Gasteiger partial charge in [-0.1, -0.05) is 112 Å². The smallest absolute Gasteiger partial charge is 0.0420 e. The molecule has 3 unspecified atom stereocenters. The molecule has 39 heavy (non-hydrogen) atoms. The zero-order chi connectivity index (χ0) is 28.9. The molecule has 1 aliphatic carbocycles. The van der Waals surface area contributed by atoms with Crippen LogP contribution in [0.1, 0.15) is 79.1 Å². The van der Waals surface area contributed by atoms with Crippen molar-refractivity contribution >= 4 is 0 Å². The first-order valence-electron chi connectivity index (χ1n) is 15.0. The molecule has 0 saturated heterocycles. The highest BCUT2D eigenvalue weighted by molar-refractivity contribution is 5.34. The van der Waals surface area contributed by atoms with Gasteiger partial charge in [0.2, 0.25) is 0 Å². The Morgan fingerprint density at radius 2 is 1.85 bits per heavy atom. The van der Waals surface area contributed by atoms with Gasteiger partial charge >= 0.3 is 0 Å². The normalized spacial score (nSPS) is 17.0. The van der Waals surface area contributed by atoms with Gasteiger partial charge in [0.05, 0.1) is 0 Å². The monoisotopic (exact) mass is 525 g/mol. The SMILES string of the molecule is C=C/C=C(\C=C)CCCN(CCC)CCCC(C)C(=C)C(=C)CCC(C/C=C\C=C/C)C1C#CC=C(C)C=C1. The molecule has 0 heterocycles. The Morgan fingerprint density at radius 3 is 2.54 bits per heavy atom. The average Bonchev–Trinajstić information content (AvgIpc) is 3.15. The van der Waals surface area contributed by atoms with Crippen molar-refractivity contribution < 1.29 is 0 Å². The highest BCUT2D eigenvalue weighted by atomic mass is 15.1. The minimum atomic E-state index is 0.270. The molecule has 1 aliphatic rings. The average molecular weight is 526 g/mol. The van der Waals surface area contributed by atoms with E-state index in [-0.39, 0.29) is 5.92 Å². The number of hydrogen-bond donors (Lipinski definition) is 0. The van der Waals surface area contributed by atoms with Crippen molar-refractivity contribution in [2.24, 2.45) is 17.8 Å². The van der Waals surface area contributed by atoms with Crippen molar-refractivity contribution in [3.8, 4) is 11.8 Å². The molecule has 0 aromatic carbocycles. The van der Waals surface area contributed by atoms with E-state index < -0.39 is 0 Å². The minimum Gasteiger partial charge on any atom is -0.303 e.